The monoisotopic (exact) mass is 432 g/mol. The minimum atomic E-state index is -4.63. The molecule has 2 N–H and O–H groups in total. The predicted octanol–water partition coefficient (Wildman–Crippen LogP) is 5.06. The summed E-state index contributed by atoms with van der Waals surface area (Å²) in [6.07, 6.45) is -3.22. The molecule has 3 aromatic rings. The number of anilines is 1. The van der Waals surface area contributed by atoms with Crippen molar-refractivity contribution >= 4 is 11.6 Å². The predicted molar refractivity (Wildman–Crippen MR) is 109 cm³/mol. The Labute approximate surface area is 175 Å². The van der Waals surface area contributed by atoms with Crippen LogP contribution < -0.4 is 20.3 Å². The number of hydrogen-bond acceptors (Lipinski definition) is 4. The van der Waals surface area contributed by atoms with E-state index in [-0.39, 0.29) is 22.7 Å². The summed E-state index contributed by atoms with van der Waals surface area (Å²) in [5.41, 5.74) is -0.0453. The Morgan fingerprint density at radius 1 is 1.03 bits per heavy atom. The van der Waals surface area contributed by atoms with E-state index < -0.39 is 23.2 Å². The third kappa shape index (κ3) is 4.88. The van der Waals surface area contributed by atoms with Crippen LogP contribution in [0.25, 0.3) is 0 Å². The molecule has 31 heavy (non-hydrogen) atoms. The molecule has 0 bridgehead atoms. The lowest BCUT2D eigenvalue weighted by Crippen LogP contribution is -2.17. The fraction of sp³-hybridized carbons (Fsp3) is 0.182. The van der Waals surface area contributed by atoms with E-state index in [1.807, 2.05) is 0 Å². The summed E-state index contributed by atoms with van der Waals surface area (Å²) in [6, 6.07) is 8.68. The first kappa shape index (κ1) is 21.9. The van der Waals surface area contributed by atoms with Gasteiger partial charge in [0.05, 0.1) is 23.9 Å². The summed E-state index contributed by atoms with van der Waals surface area (Å²) in [5.74, 6) is -0.553. The molecule has 0 spiro atoms. The van der Waals surface area contributed by atoms with E-state index in [9.17, 15) is 22.8 Å². The van der Waals surface area contributed by atoms with Crippen molar-refractivity contribution in [2.75, 3.05) is 12.4 Å². The standard InChI is InChI=1S/C22H19F3N2O4/c1-12-5-4-6-17(20(12)30-3)31-18-9-14(22(23,24)25)7-8-15(18)21(29)27-16-10-19(28)26-11-13(16)2/h4-11H,1-3H3,(H2,26,27,28,29). The van der Waals surface area contributed by atoms with Gasteiger partial charge in [-0.3, -0.25) is 9.59 Å². The normalized spacial score (nSPS) is 11.2. The van der Waals surface area contributed by atoms with Gasteiger partial charge in [0.2, 0.25) is 5.56 Å². The average Bonchev–Trinajstić information content (AvgIpc) is 2.70. The topological polar surface area (TPSA) is 80.4 Å². The molecule has 0 aliphatic heterocycles. The lowest BCUT2D eigenvalue weighted by atomic mass is 10.1. The summed E-state index contributed by atoms with van der Waals surface area (Å²) >= 11 is 0. The molecule has 162 valence electrons. The van der Waals surface area contributed by atoms with Crippen molar-refractivity contribution < 1.29 is 27.4 Å². The second-order valence-corrected chi connectivity index (χ2v) is 6.77. The van der Waals surface area contributed by atoms with Gasteiger partial charge in [0.1, 0.15) is 5.75 Å². The molecule has 0 saturated carbocycles. The summed E-state index contributed by atoms with van der Waals surface area (Å²) in [6.45, 7) is 3.41. The molecule has 0 aliphatic rings. The zero-order valence-corrected chi connectivity index (χ0v) is 16.9. The molecule has 0 aliphatic carbocycles. The van der Waals surface area contributed by atoms with Gasteiger partial charge in [-0.1, -0.05) is 12.1 Å². The molecule has 0 radical (unpaired) electrons. The largest absolute Gasteiger partial charge is 0.493 e. The highest BCUT2D eigenvalue weighted by molar-refractivity contribution is 6.06. The minimum Gasteiger partial charge on any atom is -0.493 e. The van der Waals surface area contributed by atoms with Crippen LogP contribution in [0.3, 0.4) is 0 Å². The number of halogens is 3. The van der Waals surface area contributed by atoms with Crippen LogP contribution in [-0.4, -0.2) is 18.0 Å². The molecule has 3 rings (SSSR count). The van der Waals surface area contributed by atoms with Crippen LogP contribution in [0.1, 0.15) is 27.0 Å². The summed E-state index contributed by atoms with van der Waals surface area (Å²) < 4.78 is 50.8. The van der Waals surface area contributed by atoms with Crippen molar-refractivity contribution in [3.8, 4) is 17.2 Å². The Morgan fingerprint density at radius 3 is 2.45 bits per heavy atom. The lowest BCUT2D eigenvalue weighted by molar-refractivity contribution is -0.137. The highest BCUT2D eigenvalue weighted by Gasteiger charge is 2.32. The van der Waals surface area contributed by atoms with Crippen molar-refractivity contribution in [2.45, 2.75) is 20.0 Å². The Kier molecular flexibility index (Phi) is 6.05. The van der Waals surface area contributed by atoms with Gasteiger partial charge < -0.3 is 19.8 Å². The van der Waals surface area contributed by atoms with E-state index in [0.717, 1.165) is 18.2 Å². The quantitative estimate of drug-likeness (QED) is 0.590. The number of aromatic amines is 1. The molecule has 9 heteroatoms. The number of H-pyrrole nitrogens is 1. The number of pyridine rings is 1. The van der Waals surface area contributed by atoms with Gasteiger partial charge in [0.25, 0.3) is 5.91 Å². The minimum absolute atomic E-state index is 0.142. The Hall–Kier alpha value is -3.75. The Balaban J connectivity index is 2.06. The third-order valence-corrected chi connectivity index (χ3v) is 4.53. The van der Waals surface area contributed by atoms with E-state index >= 15 is 0 Å². The molecule has 2 aromatic carbocycles. The van der Waals surface area contributed by atoms with E-state index in [1.165, 1.54) is 25.4 Å². The SMILES string of the molecule is COc1c(C)cccc1Oc1cc(C(F)(F)F)ccc1C(=O)Nc1cc(=O)[nH]cc1C. The number of alkyl halides is 3. The number of benzene rings is 2. The van der Waals surface area contributed by atoms with Crippen molar-refractivity contribution in [3.63, 3.8) is 0 Å². The molecule has 1 amide bonds. The van der Waals surface area contributed by atoms with Gasteiger partial charge >= 0.3 is 6.18 Å². The maximum absolute atomic E-state index is 13.3. The van der Waals surface area contributed by atoms with Crippen molar-refractivity contribution in [1.82, 2.24) is 4.98 Å². The third-order valence-electron chi connectivity index (χ3n) is 4.53. The first-order valence-electron chi connectivity index (χ1n) is 9.13. The number of carbonyl (C=O) groups is 1. The number of nitrogens with one attached hydrogen (secondary N) is 2. The smallest absolute Gasteiger partial charge is 0.416 e. The van der Waals surface area contributed by atoms with Crippen LogP contribution in [-0.2, 0) is 6.18 Å². The maximum atomic E-state index is 13.3. The van der Waals surface area contributed by atoms with Crippen LogP contribution in [0.2, 0.25) is 0 Å². The van der Waals surface area contributed by atoms with Gasteiger partial charge in [0.15, 0.2) is 11.5 Å². The van der Waals surface area contributed by atoms with Gasteiger partial charge in [-0.2, -0.15) is 13.2 Å². The molecule has 6 nitrogen and oxygen atoms in total. The molecular formula is C22H19F3N2O4. The molecule has 0 saturated heterocycles. The van der Waals surface area contributed by atoms with Gasteiger partial charge in [-0.15, -0.1) is 0 Å². The Bertz CT molecular complexity index is 1190. The van der Waals surface area contributed by atoms with Gasteiger partial charge in [0, 0.05) is 12.3 Å². The highest BCUT2D eigenvalue weighted by atomic mass is 19.4. The summed E-state index contributed by atoms with van der Waals surface area (Å²) in [5, 5.41) is 2.54. The molecular weight excluding hydrogens is 413 g/mol. The second kappa shape index (κ2) is 8.55. The van der Waals surface area contributed by atoms with Crippen LogP contribution in [0.5, 0.6) is 17.2 Å². The van der Waals surface area contributed by atoms with E-state index in [4.69, 9.17) is 9.47 Å². The molecule has 1 heterocycles. The summed E-state index contributed by atoms with van der Waals surface area (Å²) in [4.78, 5) is 26.9. The fourth-order valence-corrected chi connectivity index (χ4v) is 2.92. The zero-order chi connectivity index (χ0) is 22.8. The van der Waals surface area contributed by atoms with Crippen LogP contribution in [0, 0.1) is 13.8 Å². The number of hydrogen-bond donors (Lipinski definition) is 2. The van der Waals surface area contributed by atoms with Gasteiger partial charge in [-0.25, -0.2) is 0 Å². The van der Waals surface area contributed by atoms with Crippen LogP contribution in [0.4, 0.5) is 18.9 Å². The fourth-order valence-electron chi connectivity index (χ4n) is 2.92. The summed E-state index contributed by atoms with van der Waals surface area (Å²) in [7, 11) is 1.41. The number of carbonyl (C=O) groups excluding carboxylic acids is 1. The van der Waals surface area contributed by atoms with Crippen molar-refractivity contribution in [1.29, 1.82) is 0 Å². The first-order chi connectivity index (χ1) is 14.6. The molecule has 0 atom stereocenters. The van der Waals surface area contributed by atoms with Gasteiger partial charge in [-0.05, 0) is 49.2 Å². The number of para-hydroxylation sites is 1. The Morgan fingerprint density at radius 2 is 1.77 bits per heavy atom. The average molecular weight is 432 g/mol. The van der Waals surface area contributed by atoms with Crippen molar-refractivity contribution in [2.24, 2.45) is 0 Å². The van der Waals surface area contributed by atoms with E-state index in [1.54, 1.807) is 26.0 Å². The zero-order valence-electron chi connectivity index (χ0n) is 16.9. The molecule has 0 unspecified atom stereocenters. The van der Waals surface area contributed by atoms with Crippen LogP contribution in [0.15, 0.2) is 53.5 Å². The number of rotatable bonds is 5. The maximum Gasteiger partial charge on any atom is 0.416 e. The van der Waals surface area contributed by atoms with E-state index in [0.29, 0.717) is 16.9 Å². The molecule has 0 fully saturated rings. The van der Waals surface area contributed by atoms with Crippen molar-refractivity contribution in [3.05, 3.63) is 81.3 Å². The van der Waals surface area contributed by atoms with E-state index in [2.05, 4.69) is 10.3 Å². The number of amides is 1. The lowest BCUT2D eigenvalue weighted by Gasteiger charge is -2.17. The van der Waals surface area contributed by atoms with Crippen LogP contribution >= 0.6 is 0 Å². The number of aromatic nitrogens is 1. The second-order valence-electron chi connectivity index (χ2n) is 6.77. The number of methoxy groups -OCH3 is 1. The first-order valence-corrected chi connectivity index (χ1v) is 9.13. The number of aryl methyl sites for hydroxylation is 2. The number of ether oxygens (including phenoxy) is 2. The highest BCUT2D eigenvalue weighted by Crippen LogP contribution is 2.38. The molecule has 1 aromatic heterocycles.